The maximum atomic E-state index is 13.3. The van der Waals surface area contributed by atoms with Crippen LogP contribution in [0.2, 0.25) is 0 Å². The molecule has 0 saturated carbocycles. The highest BCUT2D eigenvalue weighted by atomic mass is 19.1. The lowest BCUT2D eigenvalue weighted by Crippen LogP contribution is -2.37. The van der Waals surface area contributed by atoms with Crippen molar-refractivity contribution in [1.82, 2.24) is 15.6 Å². The average Bonchev–Trinajstić information content (AvgIpc) is 2.55. The summed E-state index contributed by atoms with van der Waals surface area (Å²) in [4.78, 5) is 8.30. The molecule has 2 aromatic rings. The Morgan fingerprint density at radius 2 is 2.00 bits per heavy atom. The molecular formula is C18H23FN4. The Morgan fingerprint density at radius 1 is 1.17 bits per heavy atom. The summed E-state index contributed by atoms with van der Waals surface area (Å²) in [6.07, 6.45) is 4.59. The Bertz CT molecular complexity index is 682. The zero-order chi connectivity index (χ0) is 16.7. The normalized spacial score (nSPS) is 11.4. The van der Waals surface area contributed by atoms with E-state index < -0.39 is 0 Å². The highest BCUT2D eigenvalue weighted by Gasteiger charge is 2.02. The van der Waals surface area contributed by atoms with Crippen LogP contribution in [0.25, 0.3) is 0 Å². The van der Waals surface area contributed by atoms with Crippen LogP contribution in [0.15, 0.2) is 41.7 Å². The van der Waals surface area contributed by atoms with Gasteiger partial charge in [0.05, 0.1) is 0 Å². The summed E-state index contributed by atoms with van der Waals surface area (Å²) in [7, 11) is 1.74. The van der Waals surface area contributed by atoms with Crippen molar-refractivity contribution in [3.05, 3.63) is 64.7 Å². The molecule has 23 heavy (non-hydrogen) atoms. The molecule has 0 aliphatic heterocycles. The first-order valence-corrected chi connectivity index (χ1v) is 7.69. The van der Waals surface area contributed by atoms with Crippen molar-refractivity contribution in [1.29, 1.82) is 0 Å². The second-order valence-corrected chi connectivity index (χ2v) is 5.49. The lowest BCUT2D eigenvalue weighted by molar-refractivity contribution is 0.617. The van der Waals surface area contributed by atoms with Gasteiger partial charge in [0.15, 0.2) is 5.96 Å². The number of aliphatic imine (C=N–C) groups is 1. The van der Waals surface area contributed by atoms with Gasteiger partial charge in [-0.1, -0.05) is 12.1 Å². The van der Waals surface area contributed by atoms with Crippen LogP contribution >= 0.6 is 0 Å². The van der Waals surface area contributed by atoms with E-state index in [1.165, 1.54) is 17.2 Å². The standard InChI is InChI=1S/C18H23FN4/c1-13-10-15(4-5-17(13)19)12-23-18(20-3)22-9-7-16-6-8-21-11-14(16)2/h4-6,8,10-11H,7,9,12H2,1-3H3,(H2,20,22,23). The lowest BCUT2D eigenvalue weighted by atomic mass is 10.1. The molecule has 2 rings (SSSR count). The number of hydrogen-bond donors (Lipinski definition) is 2. The molecule has 122 valence electrons. The third-order valence-corrected chi connectivity index (χ3v) is 3.73. The van der Waals surface area contributed by atoms with Crippen molar-refractivity contribution in [2.75, 3.05) is 13.6 Å². The van der Waals surface area contributed by atoms with Gasteiger partial charge in [-0.25, -0.2) is 4.39 Å². The fourth-order valence-electron chi connectivity index (χ4n) is 2.32. The van der Waals surface area contributed by atoms with Gasteiger partial charge in [-0.15, -0.1) is 0 Å². The molecule has 0 atom stereocenters. The van der Waals surface area contributed by atoms with E-state index in [2.05, 4.69) is 27.5 Å². The molecule has 0 bridgehead atoms. The minimum atomic E-state index is -0.177. The molecule has 0 saturated heterocycles. The molecular weight excluding hydrogens is 291 g/mol. The van der Waals surface area contributed by atoms with Gasteiger partial charge < -0.3 is 10.6 Å². The van der Waals surface area contributed by atoms with E-state index in [1.54, 1.807) is 20.0 Å². The van der Waals surface area contributed by atoms with E-state index in [0.717, 1.165) is 24.5 Å². The van der Waals surface area contributed by atoms with E-state index in [4.69, 9.17) is 0 Å². The van der Waals surface area contributed by atoms with Crippen molar-refractivity contribution in [3.63, 3.8) is 0 Å². The molecule has 1 heterocycles. The SMILES string of the molecule is CN=C(NCCc1ccncc1C)NCc1ccc(F)c(C)c1. The van der Waals surface area contributed by atoms with Gasteiger partial charge in [-0.05, 0) is 54.7 Å². The summed E-state index contributed by atoms with van der Waals surface area (Å²) in [5.41, 5.74) is 4.15. The number of guanidine groups is 1. The highest BCUT2D eigenvalue weighted by Crippen LogP contribution is 2.09. The number of nitrogens with one attached hydrogen (secondary N) is 2. The predicted molar refractivity (Wildman–Crippen MR) is 92.0 cm³/mol. The summed E-state index contributed by atoms with van der Waals surface area (Å²) in [6, 6.07) is 7.15. The number of pyridine rings is 1. The van der Waals surface area contributed by atoms with Crippen LogP contribution in [-0.2, 0) is 13.0 Å². The summed E-state index contributed by atoms with van der Waals surface area (Å²) < 4.78 is 13.3. The first kappa shape index (κ1) is 16.9. The number of aromatic nitrogens is 1. The Morgan fingerprint density at radius 3 is 2.70 bits per heavy atom. The zero-order valence-corrected chi connectivity index (χ0v) is 13.9. The Kier molecular flexibility index (Phi) is 6.09. The van der Waals surface area contributed by atoms with Gasteiger partial charge in [-0.2, -0.15) is 0 Å². The van der Waals surface area contributed by atoms with Gasteiger partial charge in [-0.3, -0.25) is 9.98 Å². The molecule has 0 unspecified atom stereocenters. The molecule has 0 amide bonds. The number of halogens is 1. The number of aryl methyl sites for hydroxylation is 2. The Labute approximate surface area is 136 Å². The molecule has 0 radical (unpaired) electrons. The van der Waals surface area contributed by atoms with Crippen molar-refractivity contribution in [3.8, 4) is 0 Å². The van der Waals surface area contributed by atoms with Crippen molar-refractivity contribution in [2.45, 2.75) is 26.8 Å². The highest BCUT2D eigenvalue weighted by molar-refractivity contribution is 5.79. The van der Waals surface area contributed by atoms with Crippen LogP contribution in [0.5, 0.6) is 0 Å². The molecule has 0 fully saturated rings. The molecule has 0 aliphatic rings. The predicted octanol–water partition coefficient (Wildman–Crippen LogP) is 2.75. The first-order valence-electron chi connectivity index (χ1n) is 7.69. The zero-order valence-electron chi connectivity index (χ0n) is 13.9. The van der Waals surface area contributed by atoms with E-state index in [0.29, 0.717) is 12.1 Å². The third-order valence-electron chi connectivity index (χ3n) is 3.73. The van der Waals surface area contributed by atoms with E-state index >= 15 is 0 Å². The molecule has 5 heteroatoms. The summed E-state index contributed by atoms with van der Waals surface area (Å²) >= 11 is 0. The Hall–Kier alpha value is -2.43. The number of benzene rings is 1. The second kappa shape index (κ2) is 8.27. The fraction of sp³-hybridized carbons (Fsp3) is 0.333. The number of nitrogens with zero attached hydrogens (tertiary/aromatic N) is 2. The summed E-state index contributed by atoms with van der Waals surface area (Å²) in [5, 5.41) is 6.52. The second-order valence-electron chi connectivity index (χ2n) is 5.49. The molecule has 0 spiro atoms. The van der Waals surface area contributed by atoms with E-state index in [-0.39, 0.29) is 5.82 Å². The van der Waals surface area contributed by atoms with Crippen molar-refractivity contribution in [2.24, 2.45) is 4.99 Å². The maximum absolute atomic E-state index is 13.3. The largest absolute Gasteiger partial charge is 0.356 e. The quantitative estimate of drug-likeness (QED) is 0.659. The minimum Gasteiger partial charge on any atom is -0.356 e. The van der Waals surface area contributed by atoms with Gasteiger partial charge in [0, 0.05) is 32.5 Å². The first-order chi connectivity index (χ1) is 11.1. The molecule has 4 nitrogen and oxygen atoms in total. The third kappa shape index (κ3) is 5.06. The van der Waals surface area contributed by atoms with Crippen LogP contribution in [0.1, 0.15) is 22.3 Å². The van der Waals surface area contributed by atoms with Crippen LogP contribution < -0.4 is 10.6 Å². The fourth-order valence-corrected chi connectivity index (χ4v) is 2.32. The van der Waals surface area contributed by atoms with Crippen molar-refractivity contribution >= 4 is 5.96 Å². The van der Waals surface area contributed by atoms with Crippen LogP contribution in [0, 0.1) is 19.7 Å². The van der Waals surface area contributed by atoms with Gasteiger partial charge >= 0.3 is 0 Å². The number of rotatable bonds is 5. The average molecular weight is 314 g/mol. The summed E-state index contributed by atoms with van der Waals surface area (Å²) in [6.45, 7) is 5.22. The lowest BCUT2D eigenvalue weighted by Gasteiger charge is -2.13. The van der Waals surface area contributed by atoms with Crippen molar-refractivity contribution < 1.29 is 4.39 Å². The molecule has 1 aromatic carbocycles. The Balaban J connectivity index is 1.81. The van der Waals surface area contributed by atoms with E-state index in [9.17, 15) is 4.39 Å². The smallest absolute Gasteiger partial charge is 0.191 e. The monoisotopic (exact) mass is 314 g/mol. The van der Waals surface area contributed by atoms with Crippen LogP contribution in [0.4, 0.5) is 4.39 Å². The van der Waals surface area contributed by atoms with Crippen LogP contribution in [0.3, 0.4) is 0 Å². The van der Waals surface area contributed by atoms with Gasteiger partial charge in [0.1, 0.15) is 5.82 Å². The van der Waals surface area contributed by atoms with Gasteiger partial charge in [0.2, 0.25) is 0 Å². The minimum absolute atomic E-state index is 0.177. The topological polar surface area (TPSA) is 49.3 Å². The molecule has 0 aliphatic carbocycles. The van der Waals surface area contributed by atoms with Crippen LogP contribution in [-0.4, -0.2) is 24.5 Å². The molecule has 1 aromatic heterocycles. The maximum Gasteiger partial charge on any atom is 0.191 e. The molecule has 2 N–H and O–H groups in total. The summed E-state index contributed by atoms with van der Waals surface area (Å²) in [5.74, 6) is 0.558. The van der Waals surface area contributed by atoms with Gasteiger partial charge in [0.25, 0.3) is 0 Å². The number of hydrogen-bond acceptors (Lipinski definition) is 2. The van der Waals surface area contributed by atoms with E-state index in [1.807, 2.05) is 24.5 Å².